The molecule has 4 aromatic rings. The van der Waals surface area contributed by atoms with Crippen LogP contribution < -0.4 is 21.6 Å². The van der Waals surface area contributed by atoms with Crippen molar-refractivity contribution in [3.8, 4) is 0 Å². The summed E-state index contributed by atoms with van der Waals surface area (Å²) in [4.78, 5) is 49.4. The van der Waals surface area contributed by atoms with E-state index in [1.54, 1.807) is 19.2 Å². The molecule has 0 aliphatic carbocycles. The van der Waals surface area contributed by atoms with E-state index in [1.807, 2.05) is 43.3 Å². The first-order chi connectivity index (χ1) is 17.2. The highest BCUT2D eigenvalue weighted by Crippen LogP contribution is 2.29. The van der Waals surface area contributed by atoms with Gasteiger partial charge >= 0.3 is 11.7 Å². The van der Waals surface area contributed by atoms with Crippen molar-refractivity contribution in [3.05, 3.63) is 75.2 Å². The number of carbonyl (C=O) groups excluding carboxylic acids is 3. The van der Waals surface area contributed by atoms with Crippen molar-refractivity contribution in [1.82, 2.24) is 19.8 Å². The van der Waals surface area contributed by atoms with Crippen LogP contribution in [0.15, 0.2) is 53.3 Å². The van der Waals surface area contributed by atoms with Crippen molar-refractivity contribution in [2.45, 2.75) is 32.4 Å². The molecule has 0 saturated carbocycles. The number of aromatic nitrogens is 2. The van der Waals surface area contributed by atoms with Crippen molar-refractivity contribution in [2.75, 3.05) is 5.32 Å². The molecule has 3 aromatic carbocycles. The summed E-state index contributed by atoms with van der Waals surface area (Å²) in [7, 11) is 1.67. The van der Waals surface area contributed by atoms with E-state index in [-0.39, 0.29) is 30.5 Å². The van der Waals surface area contributed by atoms with Crippen LogP contribution >= 0.6 is 11.6 Å². The van der Waals surface area contributed by atoms with Crippen LogP contribution in [-0.4, -0.2) is 27.0 Å². The number of hydrogen-bond acceptors (Lipinski definition) is 4. The number of imidazole rings is 1. The minimum atomic E-state index is -0.734. The Kier molecular flexibility index (Phi) is 6.01. The fourth-order valence-corrected chi connectivity index (χ4v) is 4.81. The molecular formula is C26H24ClN5O4. The minimum Gasteiger partial charge on any atom is -0.334 e. The molecule has 1 aliphatic heterocycles. The molecule has 1 aromatic heterocycles. The molecule has 3 N–H and O–H groups in total. The third kappa shape index (κ3) is 4.22. The average molecular weight is 506 g/mol. The Balaban J connectivity index is 1.39. The fraction of sp³-hybridized carbons (Fsp3) is 0.231. The largest absolute Gasteiger partial charge is 0.334 e. The second-order valence-electron chi connectivity index (χ2n) is 8.94. The second kappa shape index (κ2) is 9.16. The van der Waals surface area contributed by atoms with Crippen LogP contribution in [-0.2, 0) is 23.2 Å². The molecule has 10 heteroatoms. The lowest BCUT2D eigenvalue weighted by atomic mass is 10.0. The number of nitrogens with zero attached hydrogens (tertiary/aromatic N) is 2. The van der Waals surface area contributed by atoms with E-state index in [9.17, 15) is 19.2 Å². The van der Waals surface area contributed by atoms with Gasteiger partial charge in [0.05, 0.1) is 11.0 Å². The van der Waals surface area contributed by atoms with Crippen LogP contribution in [0, 0.1) is 6.92 Å². The number of fused-ring (bicyclic) bond motifs is 3. The number of piperidine rings is 1. The summed E-state index contributed by atoms with van der Waals surface area (Å²) < 4.78 is 2.99. The molecule has 0 radical (unpaired) electrons. The maximum absolute atomic E-state index is 13.1. The molecule has 184 valence electrons. The molecule has 0 spiro atoms. The van der Waals surface area contributed by atoms with Crippen LogP contribution in [0.25, 0.3) is 21.8 Å². The maximum atomic E-state index is 13.1. The standard InChI is InChI=1S/C26H24ClN5O4/c1-14-3-6-17(12-19(14)27)29-25(35)28-13-15-4-7-18-16(11-15)5-8-20-23(18)31(2)26(36)32(20)21-9-10-22(33)30-24(21)34/h3-8,11-12,21H,9-10,13H2,1-2H3,(H2,28,29,35)(H,30,33,34). The van der Waals surface area contributed by atoms with Crippen LogP contribution in [0.3, 0.4) is 0 Å². The second-order valence-corrected chi connectivity index (χ2v) is 9.35. The Morgan fingerprint density at radius 1 is 1.11 bits per heavy atom. The number of rotatable bonds is 4. The Bertz CT molecular complexity index is 1620. The Hall–Kier alpha value is -4.11. The molecule has 36 heavy (non-hydrogen) atoms. The Morgan fingerprint density at radius 3 is 2.67 bits per heavy atom. The third-order valence-electron chi connectivity index (χ3n) is 6.53. The van der Waals surface area contributed by atoms with Gasteiger partial charge in [0.25, 0.3) is 0 Å². The van der Waals surface area contributed by atoms with Crippen molar-refractivity contribution >= 4 is 56.9 Å². The zero-order valence-corrected chi connectivity index (χ0v) is 20.5. The number of hydrogen-bond donors (Lipinski definition) is 3. The van der Waals surface area contributed by atoms with Crippen LogP contribution in [0.4, 0.5) is 10.5 Å². The minimum absolute atomic E-state index is 0.188. The third-order valence-corrected chi connectivity index (χ3v) is 6.93. The van der Waals surface area contributed by atoms with E-state index in [0.29, 0.717) is 28.3 Å². The Morgan fingerprint density at radius 2 is 1.92 bits per heavy atom. The van der Waals surface area contributed by atoms with E-state index in [4.69, 9.17) is 11.6 Å². The SMILES string of the molecule is Cc1ccc(NC(=O)NCc2ccc3c(ccc4c3n(C)c(=O)n4C3CCC(=O)NC3=O)c2)cc1Cl. The van der Waals surface area contributed by atoms with E-state index in [1.165, 1.54) is 9.13 Å². The predicted octanol–water partition coefficient (Wildman–Crippen LogP) is 3.75. The van der Waals surface area contributed by atoms with Crippen LogP contribution in [0.5, 0.6) is 0 Å². The molecule has 0 bridgehead atoms. The van der Waals surface area contributed by atoms with Gasteiger partial charge in [-0.15, -0.1) is 0 Å². The number of carbonyl (C=O) groups is 3. The lowest BCUT2D eigenvalue weighted by Crippen LogP contribution is -2.44. The molecule has 1 unspecified atom stereocenters. The zero-order chi connectivity index (χ0) is 25.6. The van der Waals surface area contributed by atoms with Gasteiger partial charge in [-0.25, -0.2) is 9.59 Å². The normalized spacial score (nSPS) is 15.8. The predicted molar refractivity (Wildman–Crippen MR) is 138 cm³/mol. The number of aryl methyl sites for hydroxylation is 2. The quantitative estimate of drug-likeness (QED) is 0.366. The number of anilines is 1. The molecule has 1 saturated heterocycles. The van der Waals surface area contributed by atoms with Gasteiger partial charge < -0.3 is 10.6 Å². The zero-order valence-electron chi connectivity index (χ0n) is 19.7. The van der Waals surface area contributed by atoms with E-state index < -0.39 is 11.9 Å². The first kappa shape index (κ1) is 23.6. The molecule has 4 amide bonds. The van der Waals surface area contributed by atoms with E-state index in [2.05, 4.69) is 16.0 Å². The van der Waals surface area contributed by atoms with Crippen molar-refractivity contribution in [3.63, 3.8) is 0 Å². The summed E-state index contributed by atoms with van der Waals surface area (Å²) in [6.07, 6.45) is 0.469. The summed E-state index contributed by atoms with van der Waals surface area (Å²) in [5, 5.41) is 10.2. The van der Waals surface area contributed by atoms with Gasteiger partial charge in [-0.1, -0.05) is 35.9 Å². The maximum Gasteiger partial charge on any atom is 0.329 e. The van der Waals surface area contributed by atoms with Gasteiger partial charge in [-0.05, 0) is 54.1 Å². The first-order valence-electron chi connectivity index (χ1n) is 11.5. The van der Waals surface area contributed by atoms with Gasteiger partial charge in [0.1, 0.15) is 6.04 Å². The van der Waals surface area contributed by atoms with Gasteiger partial charge in [0.2, 0.25) is 11.8 Å². The summed E-state index contributed by atoms with van der Waals surface area (Å²) in [5.74, 6) is -0.791. The van der Waals surface area contributed by atoms with E-state index >= 15 is 0 Å². The van der Waals surface area contributed by atoms with Crippen molar-refractivity contribution < 1.29 is 14.4 Å². The smallest absolute Gasteiger partial charge is 0.329 e. The molecule has 1 fully saturated rings. The number of imide groups is 1. The molecule has 1 aliphatic rings. The summed E-state index contributed by atoms with van der Waals surface area (Å²) in [6, 6.07) is 13.7. The summed E-state index contributed by atoms with van der Waals surface area (Å²) in [6.45, 7) is 2.19. The van der Waals surface area contributed by atoms with Crippen LogP contribution in [0.1, 0.15) is 30.0 Å². The van der Waals surface area contributed by atoms with Crippen molar-refractivity contribution in [1.29, 1.82) is 0 Å². The summed E-state index contributed by atoms with van der Waals surface area (Å²) in [5.41, 5.74) is 3.43. The van der Waals surface area contributed by atoms with Gasteiger partial charge in [-0.2, -0.15) is 0 Å². The molecular weight excluding hydrogens is 482 g/mol. The number of halogens is 1. The molecule has 1 atom stereocenters. The Labute approximate surface area is 211 Å². The van der Waals surface area contributed by atoms with Gasteiger partial charge in [0.15, 0.2) is 0 Å². The molecule has 5 rings (SSSR count). The van der Waals surface area contributed by atoms with E-state index in [0.717, 1.165) is 21.9 Å². The number of nitrogens with one attached hydrogen (secondary N) is 3. The highest BCUT2D eigenvalue weighted by molar-refractivity contribution is 6.31. The lowest BCUT2D eigenvalue weighted by molar-refractivity contribution is -0.135. The lowest BCUT2D eigenvalue weighted by Gasteiger charge is -2.21. The highest BCUT2D eigenvalue weighted by atomic mass is 35.5. The number of benzene rings is 3. The van der Waals surface area contributed by atoms with Crippen LogP contribution in [0.2, 0.25) is 5.02 Å². The van der Waals surface area contributed by atoms with Gasteiger partial charge in [0, 0.05) is 36.1 Å². The average Bonchev–Trinajstić information content (AvgIpc) is 3.10. The molecule has 9 nitrogen and oxygen atoms in total. The number of urea groups is 1. The number of amides is 4. The highest BCUT2D eigenvalue weighted by Gasteiger charge is 2.31. The fourth-order valence-electron chi connectivity index (χ4n) is 4.63. The molecule has 2 heterocycles. The topological polar surface area (TPSA) is 114 Å². The van der Waals surface area contributed by atoms with Crippen molar-refractivity contribution in [2.24, 2.45) is 7.05 Å². The monoisotopic (exact) mass is 505 g/mol. The summed E-state index contributed by atoms with van der Waals surface area (Å²) >= 11 is 6.12. The van der Waals surface area contributed by atoms with Gasteiger partial charge in [-0.3, -0.25) is 24.0 Å². The first-order valence-corrected chi connectivity index (χ1v) is 11.9.